The summed E-state index contributed by atoms with van der Waals surface area (Å²) in [6.45, 7) is 2.94. The van der Waals surface area contributed by atoms with E-state index in [9.17, 15) is 5.11 Å². The number of rotatable bonds is 3. The topological polar surface area (TPSA) is 46.2 Å². The van der Waals surface area contributed by atoms with Gasteiger partial charge in [0.1, 0.15) is 0 Å². The average molecular weight is 191 g/mol. The van der Waals surface area contributed by atoms with Gasteiger partial charge in [0.05, 0.1) is 6.61 Å². The van der Waals surface area contributed by atoms with E-state index in [1.807, 2.05) is 18.2 Å². The fourth-order valence-corrected chi connectivity index (χ4v) is 2.44. The number of aliphatic hydroxyl groups excluding tert-OH is 1. The van der Waals surface area contributed by atoms with Crippen LogP contribution in [0.4, 0.5) is 0 Å². The minimum Gasteiger partial charge on any atom is -0.396 e. The summed E-state index contributed by atoms with van der Waals surface area (Å²) in [6, 6.07) is 10.3. The second kappa shape index (κ2) is 3.07. The molecule has 2 heteroatoms. The molecular weight excluding hydrogens is 174 g/mol. The molecule has 0 aliphatic heterocycles. The molecule has 76 valence electrons. The maximum atomic E-state index is 9.37. The van der Waals surface area contributed by atoms with Crippen LogP contribution < -0.4 is 5.73 Å². The molecule has 0 amide bonds. The van der Waals surface area contributed by atoms with E-state index in [2.05, 4.69) is 19.1 Å². The van der Waals surface area contributed by atoms with Crippen LogP contribution in [0.15, 0.2) is 30.3 Å². The van der Waals surface area contributed by atoms with Crippen LogP contribution in [0.2, 0.25) is 0 Å². The van der Waals surface area contributed by atoms with E-state index in [-0.39, 0.29) is 17.4 Å². The van der Waals surface area contributed by atoms with Crippen LogP contribution in [0, 0.1) is 5.41 Å². The molecule has 1 aliphatic rings. The number of benzene rings is 1. The zero-order valence-electron chi connectivity index (χ0n) is 8.53. The van der Waals surface area contributed by atoms with Gasteiger partial charge < -0.3 is 10.8 Å². The fraction of sp³-hybridized carbons (Fsp3) is 0.500. The molecule has 1 aromatic carbocycles. The highest BCUT2D eigenvalue weighted by atomic mass is 16.3. The van der Waals surface area contributed by atoms with Gasteiger partial charge in [-0.3, -0.25) is 0 Å². The normalized spacial score (nSPS) is 35.6. The Morgan fingerprint density at radius 1 is 1.36 bits per heavy atom. The van der Waals surface area contributed by atoms with Gasteiger partial charge in [0.25, 0.3) is 0 Å². The highest BCUT2D eigenvalue weighted by Crippen LogP contribution is 2.63. The molecule has 2 rings (SSSR count). The van der Waals surface area contributed by atoms with Crippen molar-refractivity contribution in [3.05, 3.63) is 35.9 Å². The van der Waals surface area contributed by atoms with Crippen molar-refractivity contribution in [1.29, 1.82) is 0 Å². The van der Waals surface area contributed by atoms with Gasteiger partial charge in [-0.2, -0.15) is 0 Å². The van der Waals surface area contributed by atoms with Gasteiger partial charge in [0.15, 0.2) is 0 Å². The Hall–Kier alpha value is -0.860. The van der Waals surface area contributed by atoms with Gasteiger partial charge >= 0.3 is 0 Å². The maximum absolute atomic E-state index is 9.37. The van der Waals surface area contributed by atoms with Gasteiger partial charge in [-0.25, -0.2) is 0 Å². The standard InChI is InChI=1S/C12H17NO/c1-11(7-12(11,8-13)9-14)10-5-3-2-4-6-10/h2-6,14H,7-9,13H2,1H3. The van der Waals surface area contributed by atoms with Gasteiger partial charge in [0, 0.05) is 17.4 Å². The zero-order valence-corrected chi connectivity index (χ0v) is 8.53. The molecule has 0 heterocycles. The highest BCUT2D eigenvalue weighted by Gasteiger charge is 2.63. The number of aliphatic hydroxyl groups is 1. The molecule has 0 bridgehead atoms. The Labute approximate surface area is 84.7 Å². The molecule has 1 aliphatic carbocycles. The molecule has 14 heavy (non-hydrogen) atoms. The summed E-state index contributed by atoms with van der Waals surface area (Å²) >= 11 is 0. The Morgan fingerprint density at radius 2 is 2.00 bits per heavy atom. The lowest BCUT2D eigenvalue weighted by Crippen LogP contribution is -2.27. The highest BCUT2D eigenvalue weighted by molar-refractivity contribution is 5.37. The lowest BCUT2D eigenvalue weighted by atomic mass is 9.88. The van der Waals surface area contributed by atoms with Gasteiger partial charge in [-0.15, -0.1) is 0 Å². The molecule has 2 nitrogen and oxygen atoms in total. The first-order valence-corrected chi connectivity index (χ1v) is 5.05. The largest absolute Gasteiger partial charge is 0.396 e. The van der Waals surface area contributed by atoms with Crippen molar-refractivity contribution in [3.63, 3.8) is 0 Å². The van der Waals surface area contributed by atoms with Crippen LogP contribution in [-0.4, -0.2) is 18.3 Å². The van der Waals surface area contributed by atoms with E-state index in [0.717, 1.165) is 6.42 Å². The van der Waals surface area contributed by atoms with Crippen LogP contribution in [0.3, 0.4) is 0 Å². The van der Waals surface area contributed by atoms with Crippen LogP contribution in [-0.2, 0) is 5.41 Å². The van der Waals surface area contributed by atoms with Crippen molar-refractivity contribution < 1.29 is 5.11 Å². The number of hydrogen-bond acceptors (Lipinski definition) is 2. The van der Waals surface area contributed by atoms with E-state index in [1.54, 1.807) is 0 Å². The molecule has 2 atom stereocenters. The summed E-state index contributed by atoms with van der Waals surface area (Å²) in [4.78, 5) is 0. The summed E-state index contributed by atoms with van der Waals surface area (Å²) in [5.74, 6) is 0. The monoisotopic (exact) mass is 191 g/mol. The average Bonchev–Trinajstić information content (AvgIpc) is 2.88. The zero-order chi connectivity index (χ0) is 10.2. The predicted molar refractivity (Wildman–Crippen MR) is 57.0 cm³/mol. The minimum atomic E-state index is -0.0750. The first-order chi connectivity index (χ1) is 6.68. The minimum absolute atomic E-state index is 0.0750. The Bertz CT molecular complexity index is 318. The molecule has 0 saturated heterocycles. The molecular formula is C12H17NO. The Kier molecular flexibility index (Phi) is 2.13. The second-order valence-electron chi connectivity index (χ2n) is 4.52. The summed E-state index contributed by atoms with van der Waals surface area (Å²) in [5, 5.41) is 9.37. The molecule has 2 unspecified atom stereocenters. The van der Waals surface area contributed by atoms with Crippen LogP contribution in [0.5, 0.6) is 0 Å². The smallest absolute Gasteiger partial charge is 0.0508 e. The van der Waals surface area contributed by atoms with E-state index in [4.69, 9.17) is 5.73 Å². The van der Waals surface area contributed by atoms with Crippen molar-refractivity contribution in [2.24, 2.45) is 11.1 Å². The SMILES string of the molecule is CC1(c2ccccc2)CC1(CN)CO. The fourth-order valence-electron chi connectivity index (χ4n) is 2.44. The molecule has 0 aromatic heterocycles. The van der Waals surface area contributed by atoms with Crippen molar-refractivity contribution >= 4 is 0 Å². The maximum Gasteiger partial charge on any atom is 0.0508 e. The number of hydrogen-bond donors (Lipinski definition) is 2. The van der Waals surface area contributed by atoms with Gasteiger partial charge in [-0.1, -0.05) is 37.3 Å². The lowest BCUT2D eigenvalue weighted by Gasteiger charge is -2.19. The van der Waals surface area contributed by atoms with E-state index in [1.165, 1.54) is 5.56 Å². The number of nitrogens with two attached hydrogens (primary N) is 1. The van der Waals surface area contributed by atoms with E-state index in [0.29, 0.717) is 6.54 Å². The Morgan fingerprint density at radius 3 is 2.43 bits per heavy atom. The van der Waals surface area contributed by atoms with Crippen LogP contribution in [0.25, 0.3) is 0 Å². The van der Waals surface area contributed by atoms with Crippen LogP contribution in [0.1, 0.15) is 18.9 Å². The molecule has 0 radical (unpaired) electrons. The van der Waals surface area contributed by atoms with E-state index >= 15 is 0 Å². The van der Waals surface area contributed by atoms with Gasteiger partial charge in [-0.05, 0) is 12.0 Å². The third kappa shape index (κ3) is 1.11. The summed E-state index contributed by atoms with van der Waals surface area (Å²) < 4.78 is 0. The third-order valence-corrected chi connectivity index (χ3v) is 3.84. The quantitative estimate of drug-likeness (QED) is 0.756. The molecule has 3 N–H and O–H groups in total. The first kappa shape index (κ1) is 9.69. The molecule has 0 spiro atoms. The van der Waals surface area contributed by atoms with Gasteiger partial charge in [0.2, 0.25) is 0 Å². The summed E-state index contributed by atoms with van der Waals surface area (Å²) in [7, 11) is 0. The first-order valence-electron chi connectivity index (χ1n) is 5.05. The Balaban J connectivity index is 2.30. The lowest BCUT2D eigenvalue weighted by molar-refractivity contribution is 0.198. The van der Waals surface area contributed by atoms with Crippen molar-refractivity contribution in [2.75, 3.05) is 13.2 Å². The van der Waals surface area contributed by atoms with Crippen molar-refractivity contribution in [2.45, 2.75) is 18.8 Å². The molecule has 1 saturated carbocycles. The summed E-state index contributed by atoms with van der Waals surface area (Å²) in [6.07, 6.45) is 0.997. The molecule has 1 aromatic rings. The van der Waals surface area contributed by atoms with E-state index < -0.39 is 0 Å². The van der Waals surface area contributed by atoms with Crippen LogP contribution >= 0.6 is 0 Å². The third-order valence-electron chi connectivity index (χ3n) is 3.84. The molecule has 1 fully saturated rings. The summed E-state index contributed by atoms with van der Waals surface area (Å²) in [5.41, 5.74) is 7.03. The van der Waals surface area contributed by atoms with Crippen molar-refractivity contribution in [3.8, 4) is 0 Å². The predicted octanol–water partition coefficient (Wildman–Crippen LogP) is 1.29. The second-order valence-corrected chi connectivity index (χ2v) is 4.52. The van der Waals surface area contributed by atoms with Crippen molar-refractivity contribution in [1.82, 2.24) is 0 Å².